The van der Waals surface area contributed by atoms with Crippen LogP contribution in [-0.2, 0) is 9.53 Å². The SMILES string of the molecule is CC(C)[C@H](NC(=O)OC(C)(C)C)C(=O)C(O)C(O)CO. The third kappa shape index (κ3) is 6.31. The standard InChI is InChI=1S/C13H25NO6/c1-7(2)9(11(18)10(17)8(16)6-15)14-12(19)20-13(3,4)5/h7-10,15-17H,6H2,1-5H3,(H,14,19)/t8?,9-,10?/m0/s1. The van der Waals surface area contributed by atoms with Gasteiger partial charge in [0, 0.05) is 0 Å². The Labute approximate surface area is 118 Å². The maximum Gasteiger partial charge on any atom is 0.408 e. The summed E-state index contributed by atoms with van der Waals surface area (Å²) in [6.07, 6.45) is -4.12. The van der Waals surface area contributed by atoms with Gasteiger partial charge in [-0.2, -0.15) is 0 Å². The molecule has 0 aliphatic rings. The number of amides is 1. The zero-order valence-electron chi connectivity index (χ0n) is 12.6. The van der Waals surface area contributed by atoms with Gasteiger partial charge in [-0.05, 0) is 26.7 Å². The number of carbonyl (C=O) groups excluding carboxylic acids is 2. The number of hydrogen-bond acceptors (Lipinski definition) is 6. The molecule has 0 saturated carbocycles. The van der Waals surface area contributed by atoms with Crippen molar-refractivity contribution in [1.82, 2.24) is 5.32 Å². The van der Waals surface area contributed by atoms with Crippen molar-refractivity contribution in [2.45, 2.75) is 58.5 Å². The van der Waals surface area contributed by atoms with Crippen LogP contribution in [0, 0.1) is 5.92 Å². The van der Waals surface area contributed by atoms with Crippen molar-refractivity contribution in [3.05, 3.63) is 0 Å². The molecule has 118 valence electrons. The highest BCUT2D eigenvalue weighted by Gasteiger charge is 2.34. The Morgan fingerprint density at radius 1 is 1.20 bits per heavy atom. The van der Waals surface area contributed by atoms with Gasteiger partial charge in [-0.3, -0.25) is 4.79 Å². The van der Waals surface area contributed by atoms with E-state index in [4.69, 9.17) is 9.84 Å². The van der Waals surface area contributed by atoms with E-state index in [1.807, 2.05) is 0 Å². The molecule has 7 nitrogen and oxygen atoms in total. The van der Waals surface area contributed by atoms with E-state index >= 15 is 0 Å². The Balaban J connectivity index is 4.82. The number of rotatable bonds is 6. The molecule has 4 N–H and O–H groups in total. The van der Waals surface area contributed by atoms with Gasteiger partial charge in [0.2, 0.25) is 0 Å². The fourth-order valence-electron chi connectivity index (χ4n) is 1.47. The first-order valence-corrected chi connectivity index (χ1v) is 6.49. The molecule has 0 aliphatic heterocycles. The third-order valence-corrected chi connectivity index (χ3v) is 2.49. The predicted molar refractivity (Wildman–Crippen MR) is 72.1 cm³/mol. The Hall–Kier alpha value is -1.18. The quantitative estimate of drug-likeness (QED) is 0.539. The summed E-state index contributed by atoms with van der Waals surface area (Å²) in [6, 6.07) is -1.01. The number of ether oxygens (including phenoxy) is 1. The summed E-state index contributed by atoms with van der Waals surface area (Å²) in [6.45, 7) is 7.66. The van der Waals surface area contributed by atoms with Crippen LogP contribution in [0.15, 0.2) is 0 Å². The van der Waals surface area contributed by atoms with Gasteiger partial charge in [-0.15, -0.1) is 0 Å². The third-order valence-electron chi connectivity index (χ3n) is 2.49. The lowest BCUT2D eigenvalue weighted by Crippen LogP contribution is -2.52. The van der Waals surface area contributed by atoms with Gasteiger partial charge < -0.3 is 25.4 Å². The molecule has 0 fully saturated rings. The van der Waals surface area contributed by atoms with Gasteiger partial charge >= 0.3 is 6.09 Å². The van der Waals surface area contributed by atoms with Crippen LogP contribution >= 0.6 is 0 Å². The Kier molecular flexibility index (Phi) is 7.12. The lowest BCUT2D eigenvalue weighted by atomic mass is 9.94. The molecule has 2 unspecified atom stereocenters. The highest BCUT2D eigenvalue weighted by Crippen LogP contribution is 2.11. The normalized spacial score (nSPS) is 16.4. The average molecular weight is 291 g/mol. The van der Waals surface area contributed by atoms with Crippen molar-refractivity contribution in [2.75, 3.05) is 6.61 Å². The van der Waals surface area contributed by atoms with E-state index in [-0.39, 0.29) is 5.92 Å². The summed E-state index contributed by atoms with van der Waals surface area (Å²) >= 11 is 0. The van der Waals surface area contributed by atoms with Crippen molar-refractivity contribution in [2.24, 2.45) is 5.92 Å². The highest BCUT2D eigenvalue weighted by molar-refractivity contribution is 5.91. The van der Waals surface area contributed by atoms with Gasteiger partial charge in [0.1, 0.15) is 17.8 Å². The smallest absolute Gasteiger partial charge is 0.408 e. The first-order valence-electron chi connectivity index (χ1n) is 6.49. The number of ketones is 1. The van der Waals surface area contributed by atoms with Crippen molar-refractivity contribution < 1.29 is 29.6 Å². The summed E-state index contributed by atoms with van der Waals surface area (Å²) in [5.41, 5.74) is -0.710. The van der Waals surface area contributed by atoms with Gasteiger partial charge in [0.05, 0.1) is 12.6 Å². The van der Waals surface area contributed by atoms with Gasteiger partial charge in [-0.1, -0.05) is 13.8 Å². The number of carbonyl (C=O) groups is 2. The lowest BCUT2D eigenvalue weighted by Gasteiger charge is -2.27. The zero-order chi connectivity index (χ0) is 16.1. The highest BCUT2D eigenvalue weighted by atomic mass is 16.6. The Bertz CT molecular complexity index is 336. The van der Waals surface area contributed by atoms with Gasteiger partial charge in [0.25, 0.3) is 0 Å². The molecule has 0 aromatic rings. The first-order chi connectivity index (χ1) is 8.99. The second-order valence-electron chi connectivity index (χ2n) is 5.97. The number of hydrogen-bond donors (Lipinski definition) is 4. The summed E-state index contributed by atoms with van der Waals surface area (Å²) in [7, 11) is 0. The number of aliphatic hydroxyl groups excluding tert-OH is 3. The maximum absolute atomic E-state index is 12.0. The molecule has 3 atom stereocenters. The minimum absolute atomic E-state index is 0.310. The second-order valence-corrected chi connectivity index (χ2v) is 5.97. The van der Waals surface area contributed by atoms with Crippen LogP contribution in [0.2, 0.25) is 0 Å². The topological polar surface area (TPSA) is 116 Å². The molecule has 0 rings (SSSR count). The van der Waals surface area contributed by atoms with Gasteiger partial charge in [-0.25, -0.2) is 4.79 Å². The maximum atomic E-state index is 12.0. The molecule has 1 amide bonds. The fraction of sp³-hybridized carbons (Fsp3) is 0.846. The molecule has 0 heterocycles. The zero-order valence-corrected chi connectivity index (χ0v) is 12.6. The molecule has 0 aromatic heterocycles. The lowest BCUT2D eigenvalue weighted by molar-refractivity contribution is -0.137. The summed E-state index contributed by atoms with van der Waals surface area (Å²) < 4.78 is 5.04. The molecule has 0 aliphatic carbocycles. The van der Waals surface area contributed by atoms with Crippen molar-refractivity contribution >= 4 is 11.9 Å². The van der Waals surface area contributed by atoms with Crippen LogP contribution in [-0.4, -0.2) is 57.7 Å². The summed E-state index contributed by atoms with van der Waals surface area (Å²) in [5.74, 6) is -1.08. The molecular formula is C13H25NO6. The van der Waals surface area contributed by atoms with E-state index in [1.165, 1.54) is 0 Å². The van der Waals surface area contributed by atoms with E-state index in [0.717, 1.165) is 0 Å². The van der Waals surface area contributed by atoms with Crippen LogP contribution in [0.4, 0.5) is 4.79 Å². The number of nitrogens with one attached hydrogen (secondary N) is 1. The van der Waals surface area contributed by atoms with Crippen LogP contribution in [0.3, 0.4) is 0 Å². The number of aliphatic hydroxyl groups is 3. The summed E-state index contributed by atoms with van der Waals surface area (Å²) in [4.78, 5) is 23.7. The predicted octanol–water partition coefficient (Wildman–Crippen LogP) is -0.181. The first kappa shape index (κ1) is 18.8. The minimum atomic E-state index is -1.76. The van der Waals surface area contributed by atoms with E-state index in [1.54, 1.807) is 34.6 Å². The minimum Gasteiger partial charge on any atom is -0.444 e. The second kappa shape index (κ2) is 7.56. The molecule has 0 spiro atoms. The van der Waals surface area contributed by atoms with Crippen LogP contribution in [0.25, 0.3) is 0 Å². The molecule has 0 saturated heterocycles. The van der Waals surface area contributed by atoms with E-state index < -0.39 is 42.3 Å². The van der Waals surface area contributed by atoms with Gasteiger partial charge in [0.15, 0.2) is 5.78 Å². The van der Waals surface area contributed by atoms with Crippen molar-refractivity contribution in [3.63, 3.8) is 0 Å². The largest absolute Gasteiger partial charge is 0.444 e. The molecule has 0 bridgehead atoms. The van der Waals surface area contributed by atoms with E-state index in [2.05, 4.69) is 5.32 Å². The fourth-order valence-corrected chi connectivity index (χ4v) is 1.47. The van der Waals surface area contributed by atoms with Crippen molar-refractivity contribution in [1.29, 1.82) is 0 Å². The molecule has 20 heavy (non-hydrogen) atoms. The number of Topliss-reactive ketones (excluding diaryl/α,β-unsaturated/α-hetero) is 1. The van der Waals surface area contributed by atoms with Crippen molar-refractivity contribution in [3.8, 4) is 0 Å². The van der Waals surface area contributed by atoms with Crippen LogP contribution in [0.1, 0.15) is 34.6 Å². The van der Waals surface area contributed by atoms with Crippen LogP contribution < -0.4 is 5.32 Å². The Morgan fingerprint density at radius 3 is 2.05 bits per heavy atom. The average Bonchev–Trinajstić information content (AvgIpc) is 2.30. The molecule has 0 aromatic carbocycles. The summed E-state index contributed by atoms with van der Waals surface area (Å²) in [5, 5.41) is 30.0. The molecular weight excluding hydrogens is 266 g/mol. The molecule has 0 radical (unpaired) electrons. The monoisotopic (exact) mass is 291 g/mol. The number of alkyl carbamates (subject to hydrolysis) is 1. The van der Waals surface area contributed by atoms with Crippen LogP contribution in [0.5, 0.6) is 0 Å². The van der Waals surface area contributed by atoms with E-state index in [0.29, 0.717) is 0 Å². The molecule has 7 heteroatoms. The van der Waals surface area contributed by atoms with E-state index in [9.17, 15) is 19.8 Å². The Morgan fingerprint density at radius 2 is 1.70 bits per heavy atom.